The highest BCUT2D eigenvalue weighted by Crippen LogP contribution is 2.25. The van der Waals surface area contributed by atoms with E-state index in [-0.39, 0.29) is 11.7 Å². The summed E-state index contributed by atoms with van der Waals surface area (Å²) in [4.78, 5) is 35.4. The Morgan fingerprint density at radius 2 is 2.04 bits per heavy atom. The highest BCUT2D eigenvalue weighted by molar-refractivity contribution is 7.98. The van der Waals surface area contributed by atoms with Gasteiger partial charge in [0.25, 0.3) is 0 Å². The molecule has 1 fully saturated rings. The fraction of sp³-hybridized carbons (Fsp3) is 0.600. The van der Waals surface area contributed by atoms with Gasteiger partial charge in [-0.15, -0.1) is 0 Å². The van der Waals surface area contributed by atoms with Crippen LogP contribution >= 0.6 is 23.4 Å². The molecule has 0 radical (unpaired) electrons. The van der Waals surface area contributed by atoms with Crippen molar-refractivity contribution in [2.75, 3.05) is 30.8 Å². The zero-order chi connectivity index (χ0) is 18.8. The smallest absolute Gasteiger partial charge is 0.410 e. The molecule has 1 aromatic rings. The SMILES string of the molecule is CSc1nc(Cl)cc(N2CCN(C(=O)OC(C)(C)C)C[C@@H]2C(=O)O)n1. The maximum Gasteiger partial charge on any atom is 0.410 e. The number of carboxylic acid groups (broad SMARTS) is 1. The molecule has 1 aliphatic heterocycles. The number of piperazine rings is 1. The second kappa shape index (κ2) is 7.65. The average Bonchev–Trinajstić information content (AvgIpc) is 2.51. The molecule has 1 N–H and O–H groups in total. The predicted molar refractivity (Wildman–Crippen MR) is 95.4 cm³/mol. The molecule has 138 valence electrons. The van der Waals surface area contributed by atoms with E-state index in [1.165, 1.54) is 22.7 Å². The Morgan fingerprint density at radius 1 is 1.36 bits per heavy atom. The lowest BCUT2D eigenvalue weighted by Crippen LogP contribution is -2.58. The number of amides is 1. The number of anilines is 1. The monoisotopic (exact) mass is 388 g/mol. The van der Waals surface area contributed by atoms with Crippen molar-refractivity contribution in [1.82, 2.24) is 14.9 Å². The van der Waals surface area contributed by atoms with Gasteiger partial charge in [0.05, 0.1) is 6.54 Å². The number of aliphatic carboxylic acids is 1. The molecule has 2 heterocycles. The van der Waals surface area contributed by atoms with Crippen LogP contribution in [0.25, 0.3) is 0 Å². The third-order valence-corrected chi connectivity index (χ3v) is 4.20. The van der Waals surface area contributed by atoms with Crippen LogP contribution in [0.2, 0.25) is 5.15 Å². The van der Waals surface area contributed by atoms with E-state index < -0.39 is 23.7 Å². The highest BCUT2D eigenvalue weighted by atomic mass is 35.5. The van der Waals surface area contributed by atoms with Gasteiger partial charge < -0.3 is 19.6 Å². The number of rotatable bonds is 3. The number of aromatic nitrogens is 2. The van der Waals surface area contributed by atoms with E-state index in [0.29, 0.717) is 24.1 Å². The van der Waals surface area contributed by atoms with E-state index in [4.69, 9.17) is 16.3 Å². The third kappa shape index (κ3) is 5.12. The van der Waals surface area contributed by atoms with E-state index in [0.717, 1.165) is 0 Å². The summed E-state index contributed by atoms with van der Waals surface area (Å²) in [6, 6.07) is 0.585. The molecular formula is C15H21ClN4O4S. The number of hydrogen-bond donors (Lipinski definition) is 1. The molecule has 0 aromatic carbocycles. The van der Waals surface area contributed by atoms with E-state index >= 15 is 0 Å². The topological polar surface area (TPSA) is 95.9 Å². The van der Waals surface area contributed by atoms with E-state index in [2.05, 4.69) is 9.97 Å². The first kappa shape index (κ1) is 19.6. The largest absolute Gasteiger partial charge is 0.480 e. The molecule has 10 heteroatoms. The fourth-order valence-corrected chi connectivity index (χ4v) is 2.99. The zero-order valence-corrected chi connectivity index (χ0v) is 16.1. The van der Waals surface area contributed by atoms with Gasteiger partial charge in [-0.2, -0.15) is 0 Å². The second-order valence-electron chi connectivity index (χ2n) is 6.51. The zero-order valence-electron chi connectivity index (χ0n) is 14.5. The lowest BCUT2D eigenvalue weighted by Gasteiger charge is -2.40. The molecule has 1 atom stereocenters. The summed E-state index contributed by atoms with van der Waals surface area (Å²) in [6.07, 6.45) is 1.29. The molecule has 0 aliphatic carbocycles. The van der Waals surface area contributed by atoms with Gasteiger partial charge in [0.15, 0.2) is 5.16 Å². The molecule has 2 rings (SSSR count). The normalized spacial score (nSPS) is 18.2. The van der Waals surface area contributed by atoms with Crippen LogP contribution in [0, 0.1) is 0 Å². The van der Waals surface area contributed by atoms with Gasteiger partial charge in [0.2, 0.25) is 0 Å². The summed E-state index contributed by atoms with van der Waals surface area (Å²) in [5, 5.41) is 10.3. The lowest BCUT2D eigenvalue weighted by molar-refractivity contribution is -0.139. The fourth-order valence-electron chi connectivity index (χ4n) is 2.38. The Morgan fingerprint density at radius 3 is 2.60 bits per heavy atom. The van der Waals surface area contributed by atoms with Gasteiger partial charge in [-0.3, -0.25) is 0 Å². The Hall–Kier alpha value is -1.74. The van der Waals surface area contributed by atoms with Gasteiger partial charge in [-0.25, -0.2) is 19.6 Å². The van der Waals surface area contributed by atoms with Crippen LogP contribution in [-0.2, 0) is 9.53 Å². The van der Waals surface area contributed by atoms with Crippen LogP contribution in [0.5, 0.6) is 0 Å². The molecule has 0 unspecified atom stereocenters. The number of nitrogens with zero attached hydrogens (tertiary/aromatic N) is 4. The van der Waals surface area contributed by atoms with Crippen molar-refractivity contribution in [2.45, 2.75) is 37.6 Å². The van der Waals surface area contributed by atoms with Gasteiger partial charge >= 0.3 is 12.1 Å². The molecule has 1 amide bonds. The number of carboxylic acids is 1. The minimum Gasteiger partial charge on any atom is -0.480 e. The summed E-state index contributed by atoms with van der Waals surface area (Å²) in [6.45, 7) is 5.93. The van der Waals surface area contributed by atoms with Crippen molar-refractivity contribution in [3.8, 4) is 0 Å². The summed E-state index contributed by atoms with van der Waals surface area (Å²) in [7, 11) is 0. The third-order valence-electron chi connectivity index (χ3n) is 3.45. The molecule has 0 spiro atoms. The van der Waals surface area contributed by atoms with Crippen molar-refractivity contribution in [3.05, 3.63) is 11.2 Å². The Kier molecular flexibility index (Phi) is 5.99. The number of carbonyl (C=O) groups excluding carboxylic acids is 1. The summed E-state index contributed by atoms with van der Waals surface area (Å²) in [5.74, 6) is -0.616. The molecule has 25 heavy (non-hydrogen) atoms. The standard InChI is InChI=1S/C15H21ClN4O4S/c1-15(2,3)24-14(23)19-5-6-20(9(8-19)12(21)22)11-7-10(16)17-13(18-11)25-4/h7,9H,5-6,8H2,1-4H3,(H,21,22)/t9-/m1/s1. The quantitative estimate of drug-likeness (QED) is 0.479. The van der Waals surface area contributed by atoms with E-state index in [1.54, 1.807) is 25.7 Å². The first-order valence-corrected chi connectivity index (χ1v) is 9.27. The van der Waals surface area contributed by atoms with E-state index in [9.17, 15) is 14.7 Å². The second-order valence-corrected chi connectivity index (χ2v) is 7.67. The van der Waals surface area contributed by atoms with Crippen LogP contribution in [0.1, 0.15) is 20.8 Å². The number of hydrogen-bond acceptors (Lipinski definition) is 7. The predicted octanol–water partition coefficient (Wildman–Crippen LogP) is 2.36. The first-order chi connectivity index (χ1) is 11.6. The van der Waals surface area contributed by atoms with Crippen molar-refractivity contribution in [1.29, 1.82) is 0 Å². The maximum atomic E-state index is 12.2. The summed E-state index contributed by atoms with van der Waals surface area (Å²) >= 11 is 7.32. The minimum absolute atomic E-state index is 0.000466. The van der Waals surface area contributed by atoms with Crippen LogP contribution in [-0.4, -0.2) is 69.6 Å². The molecule has 0 saturated carbocycles. The molecule has 1 aliphatic rings. The van der Waals surface area contributed by atoms with Crippen LogP contribution in [0.15, 0.2) is 11.2 Å². The van der Waals surface area contributed by atoms with Gasteiger partial charge in [0.1, 0.15) is 22.6 Å². The highest BCUT2D eigenvalue weighted by Gasteiger charge is 2.36. The average molecular weight is 389 g/mol. The van der Waals surface area contributed by atoms with Crippen LogP contribution in [0.4, 0.5) is 10.6 Å². The van der Waals surface area contributed by atoms with Crippen molar-refractivity contribution < 1.29 is 19.4 Å². The summed E-state index contributed by atoms with van der Waals surface area (Å²) < 4.78 is 5.33. The Labute approximate surface area is 155 Å². The van der Waals surface area contributed by atoms with Crippen LogP contribution in [0.3, 0.4) is 0 Å². The van der Waals surface area contributed by atoms with Gasteiger partial charge in [-0.05, 0) is 27.0 Å². The number of ether oxygens (including phenoxy) is 1. The summed E-state index contributed by atoms with van der Waals surface area (Å²) in [5.41, 5.74) is -0.639. The van der Waals surface area contributed by atoms with Crippen molar-refractivity contribution in [2.24, 2.45) is 0 Å². The minimum atomic E-state index is -1.05. The molecule has 0 bridgehead atoms. The molecule has 1 aromatic heterocycles. The number of carbonyl (C=O) groups is 2. The van der Waals surface area contributed by atoms with Crippen molar-refractivity contribution in [3.63, 3.8) is 0 Å². The van der Waals surface area contributed by atoms with Gasteiger partial charge in [0, 0.05) is 19.2 Å². The maximum absolute atomic E-state index is 12.2. The molecule has 8 nitrogen and oxygen atoms in total. The van der Waals surface area contributed by atoms with Crippen LogP contribution < -0.4 is 4.90 Å². The Balaban J connectivity index is 2.21. The molecule has 1 saturated heterocycles. The number of halogens is 1. The van der Waals surface area contributed by atoms with Gasteiger partial charge in [-0.1, -0.05) is 23.4 Å². The van der Waals surface area contributed by atoms with E-state index in [1.807, 2.05) is 6.26 Å². The number of thioether (sulfide) groups is 1. The molecular weight excluding hydrogens is 368 g/mol. The first-order valence-electron chi connectivity index (χ1n) is 7.66. The lowest BCUT2D eigenvalue weighted by atomic mass is 10.1. The van der Waals surface area contributed by atoms with Crippen molar-refractivity contribution >= 4 is 41.2 Å². The Bertz CT molecular complexity index is 667.